The fourth-order valence-corrected chi connectivity index (χ4v) is 2.66. The summed E-state index contributed by atoms with van der Waals surface area (Å²) in [7, 11) is 0. The van der Waals surface area contributed by atoms with Gasteiger partial charge in [-0.15, -0.1) is 0 Å². The van der Waals surface area contributed by atoms with Crippen molar-refractivity contribution >= 4 is 51.7 Å². The maximum atomic E-state index is 12.0. The van der Waals surface area contributed by atoms with Crippen LogP contribution in [0.3, 0.4) is 0 Å². The van der Waals surface area contributed by atoms with Gasteiger partial charge in [-0.1, -0.05) is 23.2 Å². The molecule has 3 rings (SSSR count). The van der Waals surface area contributed by atoms with E-state index in [0.717, 1.165) is 5.39 Å². The van der Waals surface area contributed by atoms with Crippen LogP contribution in [0.25, 0.3) is 10.9 Å². The number of fused-ring (bicyclic) bond motifs is 1. The summed E-state index contributed by atoms with van der Waals surface area (Å²) >= 11 is 12.2. The number of anilines is 1. The molecule has 0 bridgehead atoms. The lowest BCUT2D eigenvalue weighted by Gasteiger charge is -2.10. The third kappa shape index (κ3) is 2.80. The van der Waals surface area contributed by atoms with Crippen molar-refractivity contribution in [2.75, 3.05) is 11.9 Å². The lowest BCUT2D eigenvalue weighted by molar-refractivity contribution is -0.123. The molecule has 2 aromatic rings. The Morgan fingerprint density at radius 3 is 2.71 bits per heavy atom. The summed E-state index contributed by atoms with van der Waals surface area (Å²) < 4.78 is 0. The van der Waals surface area contributed by atoms with Crippen LogP contribution in [0.1, 0.15) is 6.42 Å². The Hall–Kier alpha value is -1.85. The second-order valence-electron chi connectivity index (χ2n) is 4.82. The van der Waals surface area contributed by atoms with E-state index in [0.29, 0.717) is 27.9 Å². The Labute approximate surface area is 130 Å². The van der Waals surface area contributed by atoms with E-state index in [1.807, 2.05) is 0 Å². The number of hydrogen-bond acceptors (Lipinski definition) is 3. The molecule has 0 spiro atoms. The van der Waals surface area contributed by atoms with Crippen molar-refractivity contribution in [1.29, 1.82) is 0 Å². The zero-order valence-electron chi connectivity index (χ0n) is 10.8. The summed E-state index contributed by atoms with van der Waals surface area (Å²) in [6.07, 6.45) is 0.200. The largest absolute Gasteiger partial charge is 0.355 e. The van der Waals surface area contributed by atoms with Crippen molar-refractivity contribution in [2.45, 2.75) is 6.42 Å². The predicted octanol–water partition coefficient (Wildman–Crippen LogP) is 2.62. The molecule has 1 saturated heterocycles. The second-order valence-corrected chi connectivity index (χ2v) is 5.63. The number of carbonyl (C=O) groups excluding carboxylic acids is 2. The molecule has 0 saturated carbocycles. The minimum Gasteiger partial charge on any atom is -0.355 e. The van der Waals surface area contributed by atoms with Gasteiger partial charge < -0.3 is 10.6 Å². The fourth-order valence-electron chi connectivity index (χ4n) is 2.24. The standard InChI is InChI=1S/C14H11Cl2N3O2/c15-9-2-3-10(16)13-8(9)1-4-11(18-13)19-14(21)7-5-12(20)17-6-7/h1-4,7H,5-6H2,(H,17,20)(H,18,19,21). The maximum absolute atomic E-state index is 12.0. The minimum atomic E-state index is -0.371. The number of halogens is 2. The van der Waals surface area contributed by atoms with Gasteiger partial charge in [-0.2, -0.15) is 0 Å². The summed E-state index contributed by atoms with van der Waals surface area (Å²) in [6, 6.07) is 6.77. The molecule has 1 unspecified atom stereocenters. The second kappa shape index (κ2) is 5.50. The van der Waals surface area contributed by atoms with E-state index in [-0.39, 0.29) is 24.2 Å². The smallest absolute Gasteiger partial charge is 0.230 e. The van der Waals surface area contributed by atoms with Gasteiger partial charge in [0, 0.05) is 18.4 Å². The lowest BCUT2D eigenvalue weighted by Crippen LogP contribution is -2.25. The van der Waals surface area contributed by atoms with E-state index in [1.165, 1.54) is 0 Å². The highest BCUT2D eigenvalue weighted by molar-refractivity contribution is 6.39. The number of pyridine rings is 1. The first-order valence-corrected chi connectivity index (χ1v) is 7.12. The van der Waals surface area contributed by atoms with Crippen molar-refractivity contribution in [3.05, 3.63) is 34.3 Å². The normalized spacial score (nSPS) is 17.8. The molecule has 108 valence electrons. The SMILES string of the molecule is O=C1CC(C(=O)Nc2ccc3c(Cl)ccc(Cl)c3n2)CN1. The van der Waals surface area contributed by atoms with Crippen molar-refractivity contribution in [2.24, 2.45) is 5.92 Å². The van der Waals surface area contributed by atoms with Gasteiger partial charge in [-0.05, 0) is 24.3 Å². The van der Waals surface area contributed by atoms with Gasteiger partial charge in [-0.25, -0.2) is 4.98 Å². The van der Waals surface area contributed by atoms with Crippen LogP contribution in [0.5, 0.6) is 0 Å². The molecule has 2 amide bonds. The molecular formula is C14H11Cl2N3O2. The summed E-state index contributed by atoms with van der Waals surface area (Å²) in [5, 5.41) is 7.05. The van der Waals surface area contributed by atoms with Crippen LogP contribution in [-0.4, -0.2) is 23.3 Å². The first-order valence-electron chi connectivity index (χ1n) is 6.37. The van der Waals surface area contributed by atoms with Crippen LogP contribution in [0.2, 0.25) is 10.0 Å². The van der Waals surface area contributed by atoms with Crippen LogP contribution >= 0.6 is 23.2 Å². The van der Waals surface area contributed by atoms with Gasteiger partial charge in [0.05, 0.1) is 21.5 Å². The van der Waals surface area contributed by atoms with Gasteiger partial charge in [0.2, 0.25) is 11.8 Å². The average Bonchev–Trinajstić information content (AvgIpc) is 2.90. The zero-order chi connectivity index (χ0) is 15.0. The van der Waals surface area contributed by atoms with Gasteiger partial charge in [-0.3, -0.25) is 9.59 Å². The summed E-state index contributed by atoms with van der Waals surface area (Å²) in [4.78, 5) is 27.5. The molecule has 2 heterocycles. The highest BCUT2D eigenvalue weighted by Gasteiger charge is 2.28. The molecule has 1 aromatic carbocycles. The number of amides is 2. The Morgan fingerprint density at radius 1 is 1.24 bits per heavy atom. The van der Waals surface area contributed by atoms with Gasteiger partial charge in [0.1, 0.15) is 5.82 Å². The quantitative estimate of drug-likeness (QED) is 0.892. The topological polar surface area (TPSA) is 71.1 Å². The molecule has 2 N–H and O–H groups in total. The number of nitrogens with zero attached hydrogens (tertiary/aromatic N) is 1. The van der Waals surface area contributed by atoms with Crippen LogP contribution in [0, 0.1) is 5.92 Å². The van der Waals surface area contributed by atoms with Crippen LogP contribution in [0.4, 0.5) is 5.82 Å². The Kier molecular flexibility index (Phi) is 3.69. The van der Waals surface area contributed by atoms with Crippen molar-refractivity contribution < 1.29 is 9.59 Å². The molecule has 5 nitrogen and oxygen atoms in total. The van der Waals surface area contributed by atoms with E-state index in [9.17, 15) is 9.59 Å². The molecule has 7 heteroatoms. The number of nitrogens with one attached hydrogen (secondary N) is 2. The summed E-state index contributed by atoms with van der Waals surface area (Å²) in [5.41, 5.74) is 0.530. The predicted molar refractivity (Wildman–Crippen MR) is 81.5 cm³/mol. The van der Waals surface area contributed by atoms with Crippen LogP contribution in [0.15, 0.2) is 24.3 Å². The molecule has 1 aliphatic rings. The molecule has 1 atom stereocenters. The number of rotatable bonds is 2. The molecule has 1 aliphatic heterocycles. The summed E-state index contributed by atoms with van der Waals surface area (Å²) in [6.45, 7) is 0.352. The van der Waals surface area contributed by atoms with E-state index >= 15 is 0 Å². The fraction of sp³-hybridized carbons (Fsp3) is 0.214. The van der Waals surface area contributed by atoms with E-state index in [1.54, 1.807) is 24.3 Å². The van der Waals surface area contributed by atoms with E-state index in [2.05, 4.69) is 15.6 Å². The zero-order valence-corrected chi connectivity index (χ0v) is 12.3. The molecule has 0 aliphatic carbocycles. The molecule has 1 fully saturated rings. The number of aromatic nitrogens is 1. The summed E-state index contributed by atoms with van der Waals surface area (Å²) in [5.74, 6) is -0.337. The van der Waals surface area contributed by atoms with Gasteiger partial charge >= 0.3 is 0 Å². The monoisotopic (exact) mass is 323 g/mol. The van der Waals surface area contributed by atoms with E-state index in [4.69, 9.17) is 23.2 Å². The van der Waals surface area contributed by atoms with Gasteiger partial charge in [0.15, 0.2) is 0 Å². The Morgan fingerprint density at radius 2 is 2.00 bits per heavy atom. The van der Waals surface area contributed by atoms with Crippen LogP contribution in [-0.2, 0) is 9.59 Å². The average molecular weight is 324 g/mol. The molecule has 0 radical (unpaired) electrons. The van der Waals surface area contributed by atoms with Crippen molar-refractivity contribution in [3.8, 4) is 0 Å². The highest BCUT2D eigenvalue weighted by Crippen LogP contribution is 2.29. The lowest BCUT2D eigenvalue weighted by atomic mass is 10.1. The molecule has 1 aromatic heterocycles. The Balaban J connectivity index is 1.86. The van der Waals surface area contributed by atoms with Crippen molar-refractivity contribution in [3.63, 3.8) is 0 Å². The first kappa shape index (κ1) is 14.1. The van der Waals surface area contributed by atoms with E-state index < -0.39 is 0 Å². The van der Waals surface area contributed by atoms with Crippen LogP contribution < -0.4 is 10.6 Å². The number of carbonyl (C=O) groups is 2. The van der Waals surface area contributed by atoms with Crippen molar-refractivity contribution in [1.82, 2.24) is 10.3 Å². The van der Waals surface area contributed by atoms with Gasteiger partial charge in [0.25, 0.3) is 0 Å². The minimum absolute atomic E-state index is 0.114. The third-order valence-corrected chi connectivity index (χ3v) is 3.99. The number of benzene rings is 1. The highest BCUT2D eigenvalue weighted by atomic mass is 35.5. The Bertz CT molecular complexity index is 748. The molecule has 21 heavy (non-hydrogen) atoms. The molecular weight excluding hydrogens is 313 g/mol. The third-order valence-electron chi connectivity index (χ3n) is 3.35. The number of hydrogen-bond donors (Lipinski definition) is 2. The first-order chi connectivity index (χ1) is 10.0. The maximum Gasteiger partial charge on any atom is 0.230 e.